The van der Waals surface area contributed by atoms with Gasteiger partial charge in [0.2, 0.25) is 0 Å². The molecule has 0 aliphatic carbocycles. The van der Waals surface area contributed by atoms with E-state index in [1.165, 1.54) is 5.56 Å². The lowest BCUT2D eigenvalue weighted by molar-refractivity contribution is 0.265. The third-order valence-electron chi connectivity index (χ3n) is 4.75. The topological polar surface area (TPSA) is 69.5 Å². The molecule has 0 fully saturated rings. The van der Waals surface area contributed by atoms with Crippen LogP contribution in [0.3, 0.4) is 0 Å². The molecule has 1 aromatic heterocycles. The van der Waals surface area contributed by atoms with E-state index in [0.29, 0.717) is 6.54 Å². The van der Waals surface area contributed by atoms with Gasteiger partial charge in [-0.25, -0.2) is 4.98 Å². The predicted molar refractivity (Wildman–Crippen MR) is 122 cm³/mol. The van der Waals surface area contributed by atoms with Gasteiger partial charge in [0.05, 0.1) is 12.3 Å². The molecule has 0 aliphatic rings. The average molecular weight is 409 g/mol. The summed E-state index contributed by atoms with van der Waals surface area (Å²) in [6, 6.07) is 18.5. The summed E-state index contributed by atoms with van der Waals surface area (Å²) in [5.41, 5.74) is 4.60. The fraction of sp³-hybridized carbons (Fsp3) is 0.304. The molecule has 3 aromatic rings. The van der Waals surface area contributed by atoms with Crippen LogP contribution in [0.25, 0.3) is 10.6 Å². The number of thiazole rings is 1. The van der Waals surface area contributed by atoms with Gasteiger partial charge < -0.3 is 15.7 Å². The van der Waals surface area contributed by atoms with Crippen LogP contribution < -0.4 is 10.6 Å². The van der Waals surface area contributed by atoms with E-state index in [4.69, 9.17) is 4.98 Å². The number of hydrogen-bond acceptors (Lipinski definition) is 4. The van der Waals surface area contributed by atoms with E-state index in [-0.39, 0.29) is 12.5 Å². The van der Waals surface area contributed by atoms with Crippen molar-refractivity contribution in [1.29, 1.82) is 0 Å². The van der Waals surface area contributed by atoms with E-state index in [2.05, 4.69) is 52.2 Å². The van der Waals surface area contributed by atoms with Crippen molar-refractivity contribution in [3.05, 3.63) is 76.8 Å². The molecule has 0 amide bonds. The lowest BCUT2D eigenvalue weighted by atomic mass is 10.0. The number of aliphatic hydroxyl groups excluding tert-OH is 1. The molecular weight excluding hydrogens is 380 g/mol. The minimum absolute atomic E-state index is 0.0327. The molecule has 0 bridgehead atoms. The highest BCUT2D eigenvalue weighted by atomic mass is 32.1. The molecule has 1 heterocycles. The molecule has 6 heteroatoms. The highest BCUT2D eigenvalue weighted by Crippen LogP contribution is 2.24. The van der Waals surface area contributed by atoms with Crippen molar-refractivity contribution in [2.45, 2.75) is 19.3 Å². The lowest BCUT2D eigenvalue weighted by Gasteiger charge is -2.18. The largest absolute Gasteiger partial charge is 0.396 e. The molecule has 3 N–H and O–H groups in total. The normalized spacial score (nSPS) is 12.6. The molecular formula is C23H28N4OS. The Morgan fingerprint density at radius 2 is 1.86 bits per heavy atom. The second-order valence-corrected chi connectivity index (χ2v) is 7.79. The molecule has 1 unspecified atom stereocenters. The van der Waals surface area contributed by atoms with Crippen molar-refractivity contribution in [2.75, 3.05) is 26.7 Å². The highest BCUT2D eigenvalue weighted by Gasteiger charge is 2.11. The summed E-state index contributed by atoms with van der Waals surface area (Å²) in [5.74, 6) is 0.763. The lowest BCUT2D eigenvalue weighted by Crippen LogP contribution is -2.40. The molecule has 0 saturated heterocycles. The SMILES string of the molecule is CN=C(NCCc1csc(-c2ccc(C)cc2)n1)NCC(CO)c1ccccc1. The van der Waals surface area contributed by atoms with Crippen LogP contribution in [0.15, 0.2) is 65.0 Å². The molecule has 1 atom stereocenters. The first kappa shape index (κ1) is 21.0. The Bertz CT molecular complexity index is 906. The standard InChI is InChI=1S/C23H28N4OS/c1-17-8-10-19(11-9-17)22-27-21(16-29-22)12-13-25-23(24-2)26-14-20(15-28)18-6-4-3-5-7-18/h3-11,16,20,28H,12-15H2,1-2H3,(H2,24,25,26). The number of aliphatic imine (C=N–C) groups is 1. The first-order valence-corrected chi connectivity index (χ1v) is 10.7. The molecule has 0 spiro atoms. The van der Waals surface area contributed by atoms with Gasteiger partial charge in [0.25, 0.3) is 0 Å². The maximum absolute atomic E-state index is 9.69. The zero-order valence-corrected chi connectivity index (χ0v) is 17.7. The number of rotatable bonds is 8. The van der Waals surface area contributed by atoms with Gasteiger partial charge in [0.15, 0.2) is 5.96 Å². The fourth-order valence-electron chi connectivity index (χ4n) is 3.01. The molecule has 0 aliphatic heterocycles. The van der Waals surface area contributed by atoms with Gasteiger partial charge in [0, 0.05) is 43.4 Å². The van der Waals surface area contributed by atoms with Crippen LogP contribution in [0, 0.1) is 6.92 Å². The van der Waals surface area contributed by atoms with E-state index in [9.17, 15) is 5.11 Å². The Morgan fingerprint density at radius 1 is 1.10 bits per heavy atom. The highest BCUT2D eigenvalue weighted by molar-refractivity contribution is 7.13. The summed E-state index contributed by atoms with van der Waals surface area (Å²) in [6.07, 6.45) is 0.825. The van der Waals surface area contributed by atoms with Gasteiger partial charge in [-0.05, 0) is 12.5 Å². The molecule has 152 valence electrons. The van der Waals surface area contributed by atoms with Gasteiger partial charge in [0.1, 0.15) is 5.01 Å². The first-order chi connectivity index (χ1) is 14.2. The summed E-state index contributed by atoms with van der Waals surface area (Å²) < 4.78 is 0. The minimum Gasteiger partial charge on any atom is -0.396 e. The number of hydrogen-bond donors (Lipinski definition) is 3. The van der Waals surface area contributed by atoms with Crippen LogP contribution in [-0.4, -0.2) is 42.8 Å². The molecule has 2 aromatic carbocycles. The summed E-state index contributed by atoms with van der Waals surface area (Å²) in [6.45, 7) is 3.54. The molecule has 3 rings (SSSR count). The van der Waals surface area contributed by atoms with Crippen molar-refractivity contribution in [1.82, 2.24) is 15.6 Å². The monoisotopic (exact) mass is 408 g/mol. The zero-order valence-electron chi connectivity index (χ0n) is 16.9. The summed E-state index contributed by atoms with van der Waals surface area (Å²) >= 11 is 1.68. The zero-order chi connectivity index (χ0) is 20.5. The van der Waals surface area contributed by atoms with Crippen molar-refractivity contribution in [3.8, 4) is 10.6 Å². The van der Waals surface area contributed by atoms with Gasteiger partial charge in [-0.3, -0.25) is 4.99 Å². The van der Waals surface area contributed by atoms with Crippen LogP contribution >= 0.6 is 11.3 Å². The number of aryl methyl sites for hydroxylation is 1. The third kappa shape index (κ3) is 6.14. The van der Waals surface area contributed by atoms with Crippen molar-refractivity contribution >= 4 is 17.3 Å². The summed E-state index contributed by atoms with van der Waals surface area (Å²) in [4.78, 5) is 9.02. The maximum atomic E-state index is 9.69. The van der Waals surface area contributed by atoms with Crippen molar-refractivity contribution < 1.29 is 5.11 Å². The van der Waals surface area contributed by atoms with Crippen LogP contribution in [-0.2, 0) is 6.42 Å². The van der Waals surface area contributed by atoms with E-state index >= 15 is 0 Å². The number of guanidine groups is 1. The maximum Gasteiger partial charge on any atom is 0.191 e. The van der Waals surface area contributed by atoms with Crippen molar-refractivity contribution in [2.24, 2.45) is 4.99 Å². The van der Waals surface area contributed by atoms with Gasteiger partial charge in [-0.2, -0.15) is 0 Å². The fourth-order valence-corrected chi connectivity index (χ4v) is 3.87. The molecule has 0 saturated carbocycles. The Labute approximate surface area is 176 Å². The Balaban J connectivity index is 1.47. The smallest absolute Gasteiger partial charge is 0.191 e. The third-order valence-corrected chi connectivity index (χ3v) is 5.69. The Morgan fingerprint density at radius 3 is 2.55 bits per heavy atom. The number of nitrogens with zero attached hydrogens (tertiary/aromatic N) is 2. The Kier molecular flexibility index (Phi) is 7.78. The van der Waals surface area contributed by atoms with Crippen molar-refractivity contribution in [3.63, 3.8) is 0 Å². The second kappa shape index (κ2) is 10.7. The number of nitrogens with one attached hydrogen (secondary N) is 2. The second-order valence-electron chi connectivity index (χ2n) is 6.93. The van der Waals surface area contributed by atoms with Gasteiger partial charge in [-0.15, -0.1) is 11.3 Å². The van der Waals surface area contributed by atoms with E-state index < -0.39 is 0 Å². The van der Waals surface area contributed by atoms with Crippen LogP contribution in [0.4, 0.5) is 0 Å². The quantitative estimate of drug-likeness (QED) is 0.393. The molecule has 29 heavy (non-hydrogen) atoms. The minimum atomic E-state index is 0.0327. The number of aliphatic hydroxyl groups is 1. The molecule has 5 nitrogen and oxygen atoms in total. The van der Waals surface area contributed by atoms with E-state index in [1.807, 2.05) is 30.3 Å². The van der Waals surface area contributed by atoms with Gasteiger partial charge >= 0.3 is 0 Å². The summed E-state index contributed by atoms with van der Waals surface area (Å²) in [7, 11) is 1.75. The van der Waals surface area contributed by atoms with Gasteiger partial charge in [-0.1, -0.05) is 60.2 Å². The number of benzene rings is 2. The summed E-state index contributed by atoms with van der Waals surface area (Å²) in [5, 5.41) is 19.5. The van der Waals surface area contributed by atoms with Crippen LogP contribution in [0.1, 0.15) is 22.7 Å². The van der Waals surface area contributed by atoms with Crippen LogP contribution in [0.5, 0.6) is 0 Å². The Hall–Kier alpha value is -2.70. The molecule has 0 radical (unpaired) electrons. The van der Waals surface area contributed by atoms with Crippen LogP contribution in [0.2, 0.25) is 0 Å². The first-order valence-electron chi connectivity index (χ1n) is 9.81. The van der Waals surface area contributed by atoms with E-state index in [0.717, 1.165) is 40.8 Å². The predicted octanol–water partition coefficient (Wildman–Crippen LogP) is 3.60. The number of aromatic nitrogens is 1. The average Bonchev–Trinajstić information content (AvgIpc) is 3.23. The van der Waals surface area contributed by atoms with E-state index in [1.54, 1.807) is 18.4 Å².